The van der Waals surface area contributed by atoms with E-state index < -0.39 is 0 Å². The Kier molecular flexibility index (Phi) is 4.44. The summed E-state index contributed by atoms with van der Waals surface area (Å²) in [5.74, 6) is -0.0561. The number of carbonyl (C=O) groups excluding carboxylic acids is 1. The lowest BCUT2D eigenvalue weighted by atomic mass is 10.1. The zero-order valence-corrected chi connectivity index (χ0v) is 14.3. The number of hydrogen-bond donors (Lipinski definition) is 1. The molecule has 0 bridgehead atoms. The highest BCUT2D eigenvalue weighted by molar-refractivity contribution is 6.30. The molecular weight excluding hydrogens is 326 g/mol. The molecule has 5 nitrogen and oxygen atoms in total. The number of nitrogens with one attached hydrogen (secondary N) is 1. The summed E-state index contributed by atoms with van der Waals surface area (Å²) in [6.45, 7) is 0.422. The van der Waals surface area contributed by atoms with Crippen LogP contribution in [0.15, 0.2) is 47.3 Å². The van der Waals surface area contributed by atoms with Gasteiger partial charge >= 0.3 is 5.69 Å². The van der Waals surface area contributed by atoms with Crippen LogP contribution in [-0.2, 0) is 31.9 Å². The number of imidazole rings is 1. The van der Waals surface area contributed by atoms with E-state index in [-0.39, 0.29) is 11.6 Å². The van der Waals surface area contributed by atoms with Gasteiger partial charge in [0, 0.05) is 25.7 Å². The molecule has 2 aromatic carbocycles. The fourth-order valence-electron chi connectivity index (χ4n) is 2.71. The van der Waals surface area contributed by atoms with Gasteiger partial charge in [0.25, 0.3) is 0 Å². The number of amides is 1. The van der Waals surface area contributed by atoms with E-state index in [9.17, 15) is 9.59 Å². The predicted molar refractivity (Wildman–Crippen MR) is 95.2 cm³/mol. The summed E-state index contributed by atoms with van der Waals surface area (Å²) >= 11 is 5.84. The minimum absolute atomic E-state index is 0.0561. The highest BCUT2D eigenvalue weighted by Crippen LogP contribution is 2.14. The highest BCUT2D eigenvalue weighted by atomic mass is 35.5. The van der Waals surface area contributed by atoms with Crippen molar-refractivity contribution in [2.75, 3.05) is 0 Å². The van der Waals surface area contributed by atoms with E-state index in [4.69, 9.17) is 11.6 Å². The predicted octanol–water partition coefficient (Wildman–Crippen LogP) is 2.39. The fraction of sp³-hybridized carbons (Fsp3) is 0.222. The lowest BCUT2D eigenvalue weighted by molar-refractivity contribution is -0.120. The number of aryl methyl sites for hydroxylation is 2. The standard InChI is InChI=1S/C18H18ClN3O2/c1-21-15-8-5-13(9-16(15)22(2)18(21)24)11-20-17(23)10-12-3-6-14(19)7-4-12/h3-9H,10-11H2,1-2H3,(H,20,23). The van der Waals surface area contributed by atoms with Crippen molar-refractivity contribution in [2.45, 2.75) is 13.0 Å². The van der Waals surface area contributed by atoms with Crippen molar-refractivity contribution in [3.8, 4) is 0 Å². The fourth-order valence-corrected chi connectivity index (χ4v) is 2.84. The Morgan fingerprint density at radius 1 is 1.00 bits per heavy atom. The van der Waals surface area contributed by atoms with Gasteiger partial charge in [-0.2, -0.15) is 0 Å². The molecule has 1 heterocycles. The SMILES string of the molecule is Cn1c(=O)n(C)c2cc(CNC(=O)Cc3ccc(Cl)cc3)ccc21. The second-order valence-electron chi connectivity index (χ2n) is 5.80. The van der Waals surface area contributed by atoms with Crippen molar-refractivity contribution in [1.29, 1.82) is 0 Å². The number of rotatable bonds is 4. The average Bonchev–Trinajstić information content (AvgIpc) is 2.79. The van der Waals surface area contributed by atoms with E-state index in [1.54, 1.807) is 35.4 Å². The van der Waals surface area contributed by atoms with Crippen molar-refractivity contribution in [3.63, 3.8) is 0 Å². The number of halogens is 1. The van der Waals surface area contributed by atoms with Gasteiger partial charge in [0.2, 0.25) is 5.91 Å². The molecule has 0 fully saturated rings. The Hall–Kier alpha value is -2.53. The Balaban J connectivity index is 1.69. The van der Waals surface area contributed by atoms with Gasteiger partial charge in [0.05, 0.1) is 17.5 Å². The lowest BCUT2D eigenvalue weighted by Gasteiger charge is -2.06. The minimum atomic E-state index is -0.0612. The van der Waals surface area contributed by atoms with Gasteiger partial charge in [-0.25, -0.2) is 4.79 Å². The number of fused-ring (bicyclic) bond motifs is 1. The summed E-state index contributed by atoms with van der Waals surface area (Å²) in [6, 6.07) is 13.0. The Labute approximate surface area is 144 Å². The number of benzene rings is 2. The van der Waals surface area contributed by atoms with Crippen molar-refractivity contribution in [2.24, 2.45) is 14.1 Å². The van der Waals surface area contributed by atoms with Crippen LogP contribution >= 0.6 is 11.6 Å². The van der Waals surface area contributed by atoms with Crippen LogP contribution in [-0.4, -0.2) is 15.0 Å². The third kappa shape index (κ3) is 3.21. The molecule has 24 heavy (non-hydrogen) atoms. The molecule has 0 radical (unpaired) electrons. The number of nitrogens with zero attached hydrogens (tertiary/aromatic N) is 2. The highest BCUT2D eigenvalue weighted by Gasteiger charge is 2.09. The molecule has 0 spiro atoms. The largest absolute Gasteiger partial charge is 0.352 e. The number of aromatic nitrogens is 2. The molecule has 0 aliphatic heterocycles. The molecule has 124 valence electrons. The van der Waals surface area contributed by atoms with Crippen LogP contribution in [0.4, 0.5) is 0 Å². The van der Waals surface area contributed by atoms with Crippen LogP contribution in [0.2, 0.25) is 5.02 Å². The molecule has 3 rings (SSSR count). The molecule has 0 unspecified atom stereocenters. The first-order chi connectivity index (χ1) is 11.5. The first-order valence-corrected chi connectivity index (χ1v) is 7.99. The minimum Gasteiger partial charge on any atom is -0.352 e. The number of carbonyl (C=O) groups is 1. The molecule has 1 aromatic heterocycles. The van der Waals surface area contributed by atoms with Crippen molar-refractivity contribution in [1.82, 2.24) is 14.5 Å². The maximum Gasteiger partial charge on any atom is 0.328 e. The smallest absolute Gasteiger partial charge is 0.328 e. The molecule has 0 aliphatic rings. The Morgan fingerprint density at radius 2 is 1.62 bits per heavy atom. The molecular formula is C18H18ClN3O2. The van der Waals surface area contributed by atoms with Crippen LogP contribution in [0.1, 0.15) is 11.1 Å². The van der Waals surface area contributed by atoms with Crippen molar-refractivity contribution >= 4 is 28.5 Å². The topological polar surface area (TPSA) is 56.0 Å². The van der Waals surface area contributed by atoms with Gasteiger partial charge in [-0.3, -0.25) is 13.9 Å². The van der Waals surface area contributed by atoms with Crippen LogP contribution in [0, 0.1) is 0 Å². The first kappa shape index (κ1) is 16.3. The summed E-state index contributed by atoms with van der Waals surface area (Å²) in [5, 5.41) is 3.56. The molecule has 0 atom stereocenters. The molecule has 3 aromatic rings. The van der Waals surface area contributed by atoms with E-state index in [1.807, 2.05) is 30.3 Å². The van der Waals surface area contributed by atoms with Crippen LogP contribution in [0.5, 0.6) is 0 Å². The lowest BCUT2D eigenvalue weighted by Crippen LogP contribution is -2.24. The van der Waals surface area contributed by atoms with Gasteiger partial charge < -0.3 is 5.32 Å². The average molecular weight is 344 g/mol. The normalized spacial score (nSPS) is 11.0. The summed E-state index contributed by atoms with van der Waals surface area (Å²) < 4.78 is 3.21. The Bertz CT molecular complexity index is 955. The molecule has 0 saturated carbocycles. The zero-order valence-electron chi connectivity index (χ0n) is 13.5. The van der Waals surface area contributed by atoms with Gasteiger partial charge in [0.1, 0.15) is 0 Å². The second-order valence-corrected chi connectivity index (χ2v) is 6.24. The first-order valence-electron chi connectivity index (χ1n) is 7.61. The molecule has 1 N–H and O–H groups in total. The van der Waals surface area contributed by atoms with Crippen molar-refractivity contribution < 1.29 is 4.79 Å². The van der Waals surface area contributed by atoms with Gasteiger partial charge in [0.15, 0.2) is 0 Å². The van der Waals surface area contributed by atoms with Gasteiger partial charge in [-0.15, -0.1) is 0 Å². The molecule has 6 heteroatoms. The van der Waals surface area contributed by atoms with Crippen molar-refractivity contribution in [3.05, 3.63) is 69.1 Å². The quantitative estimate of drug-likeness (QED) is 0.790. The van der Waals surface area contributed by atoms with E-state index in [0.29, 0.717) is 18.0 Å². The van der Waals surface area contributed by atoms with Gasteiger partial charge in [-0.1, -0.05) is 29.8 Å². The van der Waals surface area contributed by atoms with E-state index in [0.717, 1.165) is 22.2 Å². The Morgan fingerprint density at radius 3 is 2.33 bits per heavy atom. The molecule has 0 aliphatic carbocycles. The summed E-state index contributed by atoms with van der Waals surface area (Å²) in [6.07, 6.45) is 0.309. The molecule has 1 amide bonds. The number of hydrogen-bond acceptors (Lipinski definition) is 2. The van der Waals surface area contributed by atoms with E-state index in [1.165, 1.54) is 0 Å². The van der Waals surface area contributed by atoms with Gasteiger partial charge in [-0.05, 0) is 35.4 Å². The van der Waals surface area contributed by atoms with E-state index in [2.05, 4.69) is 5.32 Å². The third-order valence-corrected chi connectivity index (χ3v) is 4.36. The third-order valence-electron chi connectivity index (χ3n) is 4.10. The second kappa shape index (κ2) is 6.53. The van der Waals surface area contributed by atoms with Crippen LogP contribution < -0.4 is 11.0 Å². The summed E-state index contributed by atoms with van der Waals surface area (Å²) in [7, 11) is 3.49. The summed E-state index contributed by atoms with van der Waals surface area (Å²) in [5.41, 5.74) is 3.53. The van der Waals surface area contributed by atoms with Crippen LogP contribution in [0.3, 0.4) is 0 Å². The zero-order chi connectivity index (χ0) is 17.3. The van der Waals surface area contributed by atoms with Crippen LogP contribution in [0.25, 0.3) is 11.0 Å². The summed E-state index contributed by atoms with van der Waals surface area (Å²) in [4.78, 5) is 24.0. The monoisotopic (exact) mass is 343 g/mol. The maximum atomic E-state index is 12.1. The maximum absolute atomic E-state index is 12.1. The van der Waals surface area contributed by atoms with E-state index >= 15 is 0 Å². The molecule has 0 saturated heterocycles.